The van der Waals surface area contributed by atoms with Crippen molar-refractivity contribution < 1.29 is 0 Å². The van der Waals surface area contributed by atoms with E-state index in [-0.39, 0.29) is 6.04 Å². The minimum absolute atomic E-state index is 0.130. The average Bonchev–Trinajstić information content (AvgIpc) is 2.62. The van der Waals surface area contributed by atoms with Crippen molar-refractivity contribution in [1.82, 2.24) is 9.97 Å². The Morgan fingerprint density at radius 2 is 1.75 bits per heavy atom. The molecule has 3 aromatic rings. The average molecular weight is 339 g/mol. The predicted octanol–water partition coefficient (Wildman–Crippen LogP) is 4.92. The van der Waals surface area contributed by atoms with Gasteiger partial charge in [0.2, 0.25) is 5.95 Å². The van der Waals surface area contributed by atoms with Crippen LogP contribution in [0.1, 0.15) is 24.1 Å². The van der Waals surface area contributed by atoms with Crippen molar-refractivity contribution in [3.63, 3.8) is 0 Å². The summed E-state index contributed by atoms with van der Waals surface area (Å²) in [4.78, 5) is 8.80. The van der Waals surface area contributed by atoms with E-state index in [1.54, 1.807) is 6.20 Å². The zero-order valence-electron chi connectivity index (χ0n) is 13.4. The minimum Gasteiger partial charge on any atom is -0.366 e. The van der Waals surface area contributed by atoms with Gasteiger partial charge in [-0.15, -0.1) is 0 Å². The van der Waals surface area contributed by atoms with Crippen LogP contribution in [0.25, 0.3) is 0 Å². The van der Waals surface area contributed by atoms with E-state index in [2.05, 4.69) is 39.7 Å². The lowest BCUT2D eigenvalue weighted by molar-refractivity contribution is 0.860. The second-order valence-corrected chi connectivity index (χ2v) is 5.89. The molecule has 0 saturated heterocycles. The molecule has 24 heavy (non-hydrogen) atoms. The lowest BCUT2D eigenvalue weighted by Gasteiger charge is -2.15. The van der Waals surface area contributed by atoms with Crippen LogP contribution in [0.15, 0.2) is 66.9 Å². The van der Waals surface area contributed by atoms with Crippen LogP contribution in [0.4, 0.5) is 11.8 Å². The predicted molar refractivity (Wildman–Crippen MR) is 99.3 cm³/mol. The van der Waals surface area contributed by atoms with Gasteiger partial charge in [0.25, 0.3) is 0 Å². The quantitative estimate of drug-likeness (QED) is 0.670. The van der Waals surface area contributed by atoms with Crippen molar-refractivity contribution in [2.75, 3.05) is 10.6 Å². The Balaban J connectivity index is 1.65. The molecule has 4 nitrogen and oxygen atoms in total. The monoisotopic (exact) mass is 338 g/mol. The second kappa shape index (κ2) is 7.79. The highest BCUT2D eigenvalue weighted by Gasteiger charge is 2.07. The fraction of sp³-hybridized carbons (Fsp3) is 0.158. The van der Waals surface area contributed by atoms with Crippen molar-refractivity contribution in [1.29, 1.82) is 0 Å². The van der Waals surface area contributed by atoms with E-state index >= 15 is 0 Å². The van der Waals surface area contributed by atoms with E-state index in [1.807, 2.05) is 48.5 Å². The van der Waals surface area contributed by atoms with Crippen molar-refractivity contribution in [2.45, 2.75) is 19.5 Å². The number of nitrogens with zero attached hydrogens (tertiary/aromatic N) is 2. The van der Waals surface area contributed by atoms with E-state index in [0.29, 0.717) is 12.5 Å². The molecule has 122 valence electrons. The molecule has 0 spiro atoms. The fourth-order valence-electron chi connectivity index (χ4n) is 2.37. The standard InChI is InChI=1S/C19H19ClN4/c1-14(15-7-3-2-4-8-15)23-19-21-12-11-18(24-19)22-13-16-9-5-6-10-17(16)20/h2-12,14H,13H2,1H3,(H2,21,22,23,24). The Labute approximate surface area is 146 Å². The molecular formula is C19H19ClN4. The second-order valence-electron chi connectivity index (χ2n) is 5.49. The number of rotatable bonds is 6. The van der Waals surface area contributed by atoms with Crippen molar-refractivity contribution in [3.05, 3.63) is 83.0 Å². The van der Waals surface area contributed by atoms with Crippen LogP contribution in [-0.4, -0.2) is 9.97 Å². The van der Waals surface area contributed by atoms with E-state index in [9.17, 15) is 0 Å². The van der Waals surface area contributed by atoms with Crippen LogP contribution in [0, 0.1) is 0 Å². The van der Waals surface area contributed by atoms with Gasteiger partial charge >= 0.3 is 0 Å². The maximum atomic E-state index is 6.17. The van der Waals surface area contributed by atoms with Gasteiger partial charge in [0, 0.05) is 17.8 Å². The maximum Gasteiger partial charge on any atom is 0.225 e. The Morgan fingerprint density at radius 1 is 1.00 bits per heavy atom. The maximum absolute atomic E-state index is 6.17. The van der Waals surface area contributed by atoms with Gasteiger partial charge in [0.15, 0.2) is 0 Å². The lowest BCUT2D eigenvalue weighted by atomic mass is 10.1. The van der Waals surface area contributed by atoms with E-state index in [0.717, 1.165) is 16.4 Å². The number of aromatic nitrogens is 2. The first kappa shape index (κ1) is 16.3. The molecule has 0 fully saturated rings. The van der Waals surface area contributed by atoms with Crippen molar-refractivity contribution >= 4 is 23.4 Å². The number of halogens is 1. The van der Waals surface area contributed by atoms with Gasteiger partial charge in [-0.25, -0.2) is 4.98 Å². The Hall–Kier alpha value is -2.59. The van der Waals surface area contributed by atoms with Gasteiger partial charge in [-0.05, 0) is 30.2 Å². The van der Waals surface area contributed by atoms with Crippen LogP contribution in [0.3, 0.4) is 0 Å². The Kier molecular flexibility index (Phi) is 5.29. The van der Waals surface area contributed by atoms with E-state index in [4.69, 9.17) is 11.6 Å². The molecule has 2 aromatic carbocycles. The molecule has 1 heterocycles. The molecule has 0 aliphatic heterocycles. The summed E-state index contributed by atoms with van der Waals surface area (Å²) in [6.45, 7) is 2.70. The third-order valence-electron chi connectivity index (χ3n) is 3.72. The molecular weight excluding hydrogens is 320 g/mol. The Bertz CT molecular complexity index is 792. The van der Waals surface area contributed by atoms with Crippen LogP contribution >= 0.6 is 11.6 Å². The topological polar surface area (TPSA) is 49.8 Å². The van der Waals surface area contributed by atoms with Crippen molar-refractivity contribution in [3.8, 4) is 0 Å². The first-order valence-electron chi connectivity index (χ1n) is 7.84. The van der Waals surface area contributed by atoms with Crippen LogP contribution < -0.4 is 10.6 Å². The molecule has 3 rings (SSSR count). The molecule has 1 aromatic heterocycles. The summed E-state index contributed by atoms with van der Waals surface area (Å²) >= 11 is 6.17. The molecule has 0 bridgehead atoms. The first-order valence-corrected chi connectivity index (χ1v) is 8.22. The van der Waals surface area contributed by atoms with Crippen LogP contribution in [0.2, 0.25) is 5.02 Å². The van der Waals surface area contributed by atoms with Gasteiger partial charge in [0.05, 0.1) is 6.04 Å². The molecule has 0 amide bonds. The van der Waals surface area contributed by atoms with Gasteiger partial charge in [-0.2, -0.15) is 4.98 Å². The number of anilines is 2. The van der Waals surface area contributed by atoms with Crippen molar-refractivity contribution in [2.24, 2.45) is 0 Å². The van der Waals surface area contributed by atoms with Gasteiger partial charge in [0.1, 0.15) is 5.82 Å². The molecule has 1 unspecified atom stereocenters. The highest BCUT2D eigenvalue weighted by atomic mass is 35.5. The van der Waals surface area contributed by atoms with E-state index in [1.165, 1.54) is 5.56 Å². The van der Waals surface area contributed by atoms with E-state index < -0.39 is 0 Å². The molecule has 2 N–H and O–H groups in total. The molecule has 0 radical (unpaired) electrons. The number of nitrogens with one attached hydrogen (secondary N) is 2. The summed E-state index contributed by atoms with van der Waals surface area (Å²) in [5.74, 6) is 1.35. The molecule has 0 aliphatic rings. The Morgan fingerprint density at radius 3 is 2.54 bits per heavy atom. The molecule has 1 atom stereocenters. The smallest absolute Gasteiger partial charge is 0.225 e. The van der Waals surface area contributed by atoms with Crippen LogP contribution in [-0.2, 0) is 6.54 Å². The van der Waals surface area contributed by atoms with Gasteiger partial charge < -0.3 is 10.6 Å². The summed E-state index contributed by atoms with van der Waals surface area (Å²) in [5, 5.41) is 7.34. The highest BCUT2D eigenvalue weighted by Crippen LogP contribution is 2.19. The lowest BCUT2D eigenvalue weighted by Crippen LogP contribution is -2.10. The largest absolute Gasteiger partial charge is 0.366 e. The summed E-state index contributed by atoms with van der Waals surface area (Å²) in [6.07, 6.45) is 1.74. The molecule has 0 saturated carbocycles. The zero-order valence-corrected chi connectivity index (χ0v) is 14.2. The summed E-state index contributed by atoms with van der Waals surface area (Å²) in [5.41, 5.74) is 2.22. The summed E-state index contributed by atoms with van der Waals surface area (Å²) in [7, 11) is 0. The zero-order chi connectivity index (χ0) is 16.8. The fourth-order valence-corrected chi connectivity index (χ4v) is 2.58. The first-order chi connectivity index (χ1) is 11.7. The minimum atomic E-state index is 0.130. The number of hydrogen-bond donors (Lipinski definition) is 2. The SMILES string of the molecule is CC(Nc1nccc(NCc2ccccc2Cl)n1)c1ccccc1. The third-order valence-corrected chi connectivity index (χ3v) is 4.09. The third kappa shape index (κ3) is 4.24. The normalized spacial score (nSPS) is 11.8. The summed E-state index contributed by atoms with van der Waals surface area (Å²) in [6, 6.07) is 20.0. The van der Waals surface area contributed by atoms with Gasteiger partial charge in [-0.3, -0.25) is 0 Å². The number of benzene rings is 2. The number of hydrogen-bond acceptors (Lipinski definition) is 4. The van der Waals surface area contributed by atoms with Crippen LogP contribution in [0.5, 0.6) is 0 Å². The summed E-state index contributed by atoms with van der Waals surface area (Å²) < 4.78 is 0. The van der Waals surface area contributed by atoms with Gasteiger partial charge in [-0.1, -0.05) is 60.1 Å². The molecule has 0 aliphatic carbocycles. The molecule has 5 heteroatoms. The highest BCUT2D eigenvalue weighted by molar-refractivity contribution is 6.31.